The van der Waals surface area contributed by atoms with Crippen LogP contribution < -0.4 is 10.6 Å². The number of amides is 2. The topological polar surface area (TPSA) is 84.5 Å². The number of hydrogen-bond donors (Lipinski definition) is 2. The molecule has 0 aromatic heterocycles. The summed E-state index contributed by atoms with van der Waals surface area (Å²) in [5.74, 6) is -0.591. The molecule has 0 bridgehead atoms. The Morgan fingerprint density at radius 1 is 1.05 bits per heavy atom. The van der Waals surface area contributed by atoms with E-state index in [1.54, 1.807) is 6.92 Å². The van der Waals surface area contributed by atoms with Crippen molar-refractivity contribution >= 4 is 17.8 Å². The third-order valence-electron chi connectivity index (χ3n) is 3.16. The fourth-order valence-corrected chi connectivity index (χ4v) is 2.11. The van der Waals surface area contributed by atoms with Gasteiger partial charge in [-0.2, -0.15) is 0 Å². The molecule has 0 radical (unpaired) electrons. The Morgan fingerprint density at radius 2 is 1.59 bits per heavy atom. The van der Waals surface area contributed by atoms with Gasteiger partial charge in [0.15, 0.2) is 0 Å². The molecule has 0 spiro atoms. The highest BCUT2D eigenvalue weighted by molar-refractivity contribution is 5.86. The normalized spacial score (nSPS) is 12.9. The van der Waals surface area contributed by atoms with Crippen molar-refractivity contribution in [1.29, 1.82) is 0 Å². The Kier molecular flexibility index (Phi) is 9.91. The maximum atomic E-state index is 11.3. The van der Waals surface area contributed by atoms with Gasteiger partial charge in [-0.1, -0.05) is 13.5 Å². The fourth-order valence-electron chi connectivity index (χ4n) is 2.11. The van der Waals surface area contributed by atoms with E-state index in [0.29, 0.717) is 31.4 Å². The van der Waals surface area contributed by atoms with Crippen LogP contribution in [-0.2, 0) is 19.1 Å². The van der Waals surface area contributed by atoms with Gasteiger partial charge in [-0.3, -0.25) is 9.59 Å². The molecule has 0 aromatic rings. The first-order chi connectivity index (χ1) is 10.3. The number of carbonyl (C=O) groups is 3. The van der Waals surface area contributed by atoms with E-state index >= 15 is 0 Å². The van der Waals surface area contributed by atoms with E-state index in [-0.39, 0.29) is 23.9 Å². The highest BCUT2D eigenvalue weighted by Crippen LogP contribution is 2.09. The van der Waals surface area contributed by atoms with Crippen molar-refractivity contribution in [2.24, 2.45) is 0 Å². The van der Waals surface area contributed by atoms with E-state index in [4.69, 9.17) is 4.74 Å². The second-order valence-electron chi connectivity index (χ2n) is 5.50. The second kappa shape index (κ2) is 10.8. The fraction of sp³-hybridized carbons (Fsp3) is 0.688. The Hall–Kier alpha value is -1.85. The number of esters is 1. The Bertz CT molecular complexity index is 407. The van der Waals surface area contributed by atoms with Crippen LogP contribution in [0.2, 0.25) is 0 Å². The van der Waals surface area contributed by atoms with Gasteiger partial charge in [-0.05, 0) is 32.6 Å². The number of nitrogens with one attached hydrogen (secondary N) is 2. The predicted molar refractivity (Wildman–Crippen MR) is 85.1 cm³/mol. The maximum absolute atomic E-state index is 11.3. The average Bonchev–Trinajstić information content (AvgIpc) is 2.40. The minimum absolute atomic E-state index is 0.0207. The standard InChI is InChI=1S/C16H28N2O4/c1-6-14(17-12(4)19)10-15(18-13(5)20)8-7-9-22-16(21)11(2)3/h14-15H,2,6-10H2,1,3-5H3,(H,17,19)(H,18,20). The van der Waals surface area contributed by atoms with Crippen molar-refractivity contribution in [2.45, 2.75) is 65.5 Å². The smallest absolute Gasteiger partial charge is 0.333 e. The van der Waals surface area contributed by atoms with Crippen LogP contribution in [0.15, 0.2) is 12.2 Å². The summed E-state index contributed by atoms with van der Waals surface area (Å²) in [5, 5.41) is 5.75. The van der Waals surface area contributed by atoms with Crippen molar-refractivity contribution in [3.8, 4) is 0 Å². The van der Waals surface area contributed by atoms with Crippen LogP contribution in [0.1, 0.15) is 53.4 Å². The average molecular weight is 312 g/mol. The van der Waals surface area contributed by atoms with Gasteiger partial charge in [-0.15, -0.1) is 0 Å². The summed E-state index contributed by atoms with van der Waals surface area (Å²) in [6, 6.07) is -0.0369. The third-order valence-corrected chi connectivity index (χ3v) is 3.16. The number of rotatable bonds is 10. The number of hydrogen-bond acceptors (Lipinski definition) is 4. The summed E-state index contributed by atoms with van der Waals surface area (Å²) in [5.41, 5.74) is 0.370. The van der Waals surface area contributed by atoms with Gasteiger partial charge in [0.25, 0.3) is 0 Å². The van der Waals surface area contributed by atoms with Crippen LogP contribution >= 0.6 is 0 Å². The molecule has 22 heavy (non-hydrogen) atoms. The molecule has 0 saturated carbocycles. The van der Waals surface area contributed by atoms with Crippen LogP contribution in [0.25, 0.3) is 0 Å². The minimum Gasteiger partial charge on any atom is -0.462 e. The molecule has 2 amide bonds. The van der Waals surface area contributed by atoms with Crippen molar-refractivity contribution in [3.63, 3.8) is 0 Å². The highest BCUT2D eigenvalue weighted by atomic mass is 16.5. The van der Waals surface area contributed by atoms with E-state index in [2.05, 4.69) is 17.2 Å². The lowest BCUT2D eigenvalue weighted by Gasteiger charge is -2.24. The molecule has 0 saturated heterocycles. The third kappa shape index (κ3) is 9.96. The zero-order valence-corrected chi connectivity index (χ0v) is 14.0. The molecule has 0 aliphatic heterocycles. The molecule has 126 valence electrons. The molecule has 0 aromatic carbocycles. The molecule has 0 aliphatic rings. The van der Waals surface area contributed by atoms with E-state index in [9.17, 15) is 14.4 Å². The molecule has 0 fully saturated rings. The second-order valence-corrected chi connectivity index (χ2v) is 5.50. The first-order valence-electron chi connectivity index (χ1n) is 7.63. The summed E-state index contributed by atoms with van der Waals surface area (Å²) < 4.78 is 5.03. The first-order valence-corrected chi connectivity index (χ1v) is 7.63. The van der Waals surface area contributed by atoms with Gasteiger partial charge in [0, 0.05) is 31.5 Å². The van der Waals surface area contributed by atoms with Gasteiger partial charge in [0.1, 0.15) is 0 Å². The Labute approximate surface area is 132 Å². The molecule has 0 rings (SSSR count). The molecule has 0 heterocycles. The quantitative estimate of drug-likeness (QED) is 0.365. The Balaban J connectivity index is 4.33. The lowest BCUT2D eigenvalue weighted by molar-refractivity contribution is -0.139. The highest BCUT2D eigenvalue weighted by Gasteiger charge is 2.17. The van der Waals surface area contributed by atoms with Crippen LogP contribution in [-0.4, -0.2) is 36.5 Å². The molecule has 0 aliphatic carbocycles. The van der Waals surface area contributed by atoms with Crippen LogP contribution in [0.5, 0.6) is 0 Å². The SMILES string of the molecule is C=C(C)C(=O)OCCCC(CC(CC)NC(C)=O)NC(C)=O. The molecule has 6 nitrogen and oxygen atoms in total. The predicted octanol–water partition coefficient (Wildman–Crippen LogP) is 1.70. The van der Waals surface area contributed by atoms with Crippen LogP contribution in [0.4, 0.5) is 0 Å². The van der Waals surface area contributed by atoms with E-state index in [1.807, 2.05) is 6.92 Å². The van der Waals surface area contributed by atoms with Gasteiger partial charge in [0.2, 0.25) is 11.8 Å². The maximum Gasteiger partial charge on any atom is 0.333 e. The van der Waals surface area contributed by atoms with Gasteiger partial charge >= 0.3 is 5.97 Å². The molecule has 2 unspecified atom stereocenters. The van der Waals surface area contributed by atoms with E-state index in [1.165, 1.54) is 13.8 Å². The summed E-state index contributed by atoms with van der Waals surface area (Å²) >= 11 is 0. The van der Waals surface area contributed by atoms with Crippen molar-refractivity contribution in [3.05, 3.63) is 12.2 Å². The van der Waals surface area contributed by atoms with Crippen LogP contribution in [0, 0.1) is 0 Å². The molecular formula is C16H28N2O4. The van der Waals surface area contributed by atoms with Gasteiger partial charge in [-0.25, -0.2) is 4.79 Å². The molecule has 2 atom stereocenters. The summed E-state index contributed by atoms with van der Waals surface area (Å²) in [6.07, 6.45) is 2.77. The lowest BCUT2D eigenvalue weighted by Crippen LogP contribution is -2.41. The molecule has 6 heteroatoms. The van der Waals surface area contributed by atoms with Crippen molar-refractivity contribution in [1.82, 2.24) is 10.6 Å². The Morgan fingerprint density at radius 3 is 2.05 bits per heavy atom. The monoisotopic (exact) mass is 312 g/mol. The van der Waals surface area contributed by atoms with Crippen molar-refractivity contribution in [2.75, 3.05) is 6.61 Å². The zero-order chi connectivity index (χ0) is 17.1. The summed E-state index contributed by atoms with van der Waals surface area (Å²) in [4.78, 5) is 33.7. The lowest BCUT2D eigenvalue weighted by atomic mass is 10.0. The van der Waals surface area contributed by atoms with Crippen molar-refractivity contribution < 1.29 is 19.1 Å². The molecule has 2 N–H and O–H groups in total. The number of ether oxygens (including phenoxy) is 1. The first kappa shape index (κ1) is 20.1. The zero-order valence-electron chi connectivity index (χ0n) is 14.0. The minimum atomic E-state index is -0.402. The van der Waals surface area contributed by atoms with Gasteiger partial charge < -0.3 is 15.4 Å². The van der Waals surface area contributed by atoms with E-state index in [0.717, 1.165) is 6.42 Å². The largest absolute Gasteiger partial charge is 0.462 e. The van der Waals surface area contributed by atoms with Gasteiger partial charge in [0.05, 0.1) is 6.61 Å². The molecular weight excluding hydrogens is 284 g/mol. The number of carbonyl (C=O) groups excluding carboxylic acids is 3. The summed E-state index contributed by atoms with van der Waals surface area (Å²) in [7, 11) is 0. The van der Waals surface area contributed by atoms with E-state index < -0.39 is 5.97 Å². The van der Waals surface area contributed by atoms with Crippen LogP contribution in [0.3, 0.4) is 0 Å². The summed E-state index contributed by atoms with van der Waals surface area (Å²) in [6.45, 7) is 10.3.